The SMILES string of the molecule is C#CC(CC1CCNC1=O)NC(=O)C1C2C(CN1C(=O)C(C)C)C2(C)C. The highest BCUT2D eigenvalue weighted by atomic mass is 16.2. The molecule has 2 heterocycles. The molecule has 2 N–H and O–H groups in total. The van der Waals surface area contributed by atoms with E-state index in [0.29, 0.717) is 25.4 Å². The number of fused-ring (bicyclic) bond motifs is 1. The fourth-order valence-electron chi connectivity index (χ4n) is 4.73. The monoisotopic (exact) mass is 359 g/mol. The average Bonchev–Trinajstić information content (AvgIpc) is 2.95. The van der Waals surface area contributed by atoms with Crippen molar-refractivity contribution in [3.8, 4) is 12.3 Å². The van der Waals surface area contributed by atoms with E-state index in [1.54, 1.807) is 4.90 Å². The molecule has 0 spiro atoms. The number of rotatable bonds is 5. The Kier molecular flexibility index (Phi) is 4.76. The standard InChI is InChI=1S/C20H29N3O3/c1-6-13(9-12-7-8-21-17(12)24)22-18(25)16-15-14(20(15,4)5)10-23(16)19(26)11(2)3/h1,11-16H,7-10H2,2-5H3,(H,21,24)(H,22,25). The molecule has 0 radical (unpaired) electrons. The molecular formula is C20H29N3O3. The highest BCUT2D eigenvalue weighted by Gasteiger charge is 2.69. The summed E-state index contributed by atoms with van der Waals surface area (Å²) in [4.78, 5) is 39.1. The van der Waals surface area contributed by atoms with Gasteiger partial charge in [0.25, 0.3) is 0 Å². The molecule has 0 aromatic heterocycles. The van der Waals surface area contributed by atoms with Gasteiger partial charge in [0, 0.05) is 24.9 Å². The molecule has 6 nitrogen and oxygen atoms in total. The van der Waals surface area contributed by atoms with Crippen LogP contribution in [0.25, 0.3) is 0 Å². The lowest BCUT2D eigenvalue weighted by Gasteiger charge is -2.32. The maximum Gasteiger partial charge on any atom is 0.244 e. The van der Waals surface area contributed by atoms with Gasteiger partial charge in [0.05, 0.1) is 6.04 Å². The Morgan fingerprint density at radius 2 is 2.12 bits per heavy atom. The van der Waals surface area contributed by atoms with Gasteiger partial charge in [-0.3, -0.25) is 14.4 Å². The topological polar surface area (TPSA) is 78.5 Å². The van der Waals surface area contributed by atoms with E-state index in [2.05, 4.69) is 30.4 Å². The molecule has 3 aliphatic rings. The number of terminal acetylenes is 1. The fraction of sp³-hybridized carbons (Fsp3) is 0.750. The van der Waals surface area contributed by atoms with Crippen LogP contribution in [0.2, 0.25) is 0 Å². The number of carbonyl (C=O) groups excluding carboxylic acids is 3. The Hall–Kier alpha value is -2.03. The van der Waals surface area contributed by atoms with E-state index >= 15 is 0 Å². The molecule has 0 bridgehead atoms. The van der Waals surface area contributed by atoms with Gasteiger partial charge in [0.2, 0.25) is 17.7 Å². The Balaban J connectivity index is 1.70. The number of carbonyl (C=O) groups is 3. The summed E-state index contributed by atoms with van der Waals surface area (Å²) >= 11 is 0. The molecule has 3 fully saturated rings. The van der Waals surface area contributed by atoms with Crippen molar-refractivity contribution in [2.75, 3.05) is 13.1 Å². The zero-order valence-electron chi connectivity index (χ0n) is 16.0. The molecule has 0 aromatic rings. The van der Waals surface area contributed by atoms with Crippen LogP contribution in [0.15, 0.2) is 0 Å². The Morgan fingerprint density at radius 1 is 1.42 bits per heavy atom. The third kappa shape index (κ3) is 3.08. The van der Waals surface area contributed by atoms with E-state index in [4.69, 9.17) is 6.42 Å². The second-order valence-electron chi connectivity index (χ2n) is 8.78. The van der Waals surface area contributed by atoms with E-state index in [-0.39, 0.29) is 40.9 Å². The summed E-state index contributed by atoms with van der Waals surface area (Å²) in [6, 6.07) is -0.952. The van der Waals surface area contributed by atoms with Crippen molar-refractivity contribution in [1.29, 1.82) is 0 Å². The molecule has 0 aromatic carbocycles. The van der Waals surface area contributed by atoms with Gasteiger partial charge in [-0.1, -0.05) is 33.6 Å². The zero-order valence-corrected chi connectivity index (χ0v) is 16.0. The molecule has 1 saturated carbocycles. The van der Waals surface area contributed by atoms with Crippen LogP contribution in [-0.2, 0) is 14.4 Å². The van der Waals surface area contributed by atoms with Crippen molar-refractivity contribution >= 4 is 17.7 Å². The Bertz CT molecular complexity index is 664. The van der Waals surface area contributed by atoms with Gasteiger partial charge in [-0.25, -0.2) is 0 Å². The van der Waals surface area contributed by atoms with Gasteiger partial charge in [-0.15, -0.1) is 6.42 Å². The minimum Gasteiger partial charge on any atom is -0.356 e. The summed E-state index contributed by atoms with van der Waals surface area (Å²) in [5, 5.41) is 5.72. The number of hydrogen-bond donors (Lipinski definition) is 2. The van der Waals surface area contributed by atoms with E-state index in [1.165, 1.54) is 0 Å². The van der Waals surface area contributed by atoms with Crippen LogP contribution >= 0.6 is 0 Å². The van der Waals surface area contributed by atoms with E-state index < -0.39 is 12.1 Å². The number of hydrogen-bond acceptors (Lipinski definition) is 3. The van der Waals surface area contributed by atoms with E-state index in [9.17, 15) is 14.4 Å². The third-order valence-electron chi connectivity index (χ3n) is 6.45. The summed E-state index contributed by atoms with van der Waals surface area (Å²) in [6.07, 6.45) is 6.79. The number of nitrogens with zero attached hydrogens (tertiary/aromatic N) is 1. The number of likely N-dealkylation sites (tertiary alicyclic amines) is 1. The normalized spacial score (nSPS) is 32.6. The van der Waals surface area contributed by atoms with Crippen LogP contribution < -0.4 is 10.6 Å². The maximum absolute atomic E-state index is 13.0. The van der Waals surface area contributed by atoms with Gasteiger partial charge >= 0.3 is 0 Å². The molecule has 1 aliphatic carbocycles. The third-order valence-corrected chi connectivity index (χ3v) is 6.45. The summed E-state index contributed by atoms with van der Waals surface area (Å²) < 4.78 is 0. The molecule has 2 saturated heterocycles. The number of amides is 3. The molecule has 3 amide bonds. The van der Waals surface area contributed by atoms with Crippen LogP contribution in [0, 0.1) is 41.4 Å². The predicted molar refractivity (Wildman–Crippen MR) is 97.6 cm³/mol. The predicted octanol–water partition coefficient (Wildman–Crippen LogP) is 0.770. The summed E-state index contributed by atoms with van der Waals surface area (Å²) in [7, 11) is 0. The van der Waals surface area contributed by atoms with E-state index in [0.717, 1.165) is 6.42 Å². The van der Waals surface area contributed by atoms with Crippen molar-refractivity contribution in [2.45, 2.75) is 52.6 Å². The lowest BCUT2D eigenvalue weighted by molar-refractivity contribution is -0.142. The highest BCUT2D eigenvalue weighted by Crippen LogP contribution is 2.64. The second-order valence-corrected chi connectivity index (χ2v) is 8.78. The van der Waals surface area contributed by atoms with Gasteiger partial charge < -0.3 is 15.5 Å². The number of piperidine rings is 1. The largest absolute Gasteiger partial charge is 0.356 e. The average molecular weight is 359 g/mol. The summed E-state index contributed by atoms with van der Waals surface area (Å²) in [5.41, 5.74) is 0.0761. The van der Waals surface area contributed by atoms with Crippen LogP contribution in [0.4, 0.5) is 0 Å². The lowest BCUT2D eigenvalue weighted by atomic mass is 9.96. The summed E-state index contributed by atoms with van der Waals surface area (Å²) in [5.74, 6) is 2.69. The van der Waals surface area contributed by atoms with Crippen LogP contribution in [-0.4, -0.2) is 47.8 Å². The van der Waals surface area contributed by atoms with Crippen LogP contribution in [0.5, 0.6) is 0 Å². The van der Waals surface area contributed by atoms with Crippen molar-refractivity contribution in [3.63, 3.8) is 0 Å². The minimum absolute atomic E-state index is 0.000340. The molecule has 26 heavy (non-hydrogen) atoms. The Labute approximate surface area is 155 Å². The van der Waals surface area contributed by atoms with Crippen molar-refractivity contribution < 1.29 is 14.4 Å². The van der Waals surface area contributed by atoms with Crippen LogP contribution in [0.1, 0.15) is 40.5 Å². The molecular weight excluding hydrogens is 330 g/mol. The molecule has 5 unspecified atom stereocenters. The van der Waals surface area contributed by atoms with E-state index in [1.807, 2.05) is 13.8 Å². The quantitative estimate of drug-likeness (QED) is 0.712. The molecule has 2 aliphatic heterocycles. The molecule has 3 rings (SSSR count). The first-order valence-corrected chi connectivity index (χ1v) is 9.53. The summed E-state index contributed by atoms with van der Waals surface area (Å²) in [6.45, 7) is 9.32. The van der Waals surface area contributed by atoms with Gasteiger partial charge in [0.1, 0.15) is 6.04 Å². The van der Waals surface area contributed by atoms with Crippen LogP contribution in [0.3, 0.4) is 0 Å². The zero-order chi connectivity index (χ0) is 19.2. The second kappa shape index (κ2) is 6.61. The lowest BCUT2D eigenvalue weighted by Crippen LogP contribution is -2.53. The Morgan fingerprint density at radius 3 is 2.65 bits per heavy atom. The first-order valence-electron chi connectivity index (χ1n) is 9.53. The molecule has 6 heteroatoms. The first kappa shape index (κ1) is 18.8. The van der Waals surface area contributed by atoms with Crippen molar-refractivity contribution in [1.82, 2.24) is 15.5 Å². The van der Waals surface area contributed by atoms with Gasteiger partial charge in [-0.2, -0.15) is 0 Å². The number of nitrogens with one attached hydrogen (secondary N) is 2. The van der Waals surface area contributed by atoms with Gasteiger partial charge in [-0.05, 0) is 30.1 Å². The minimum atomic E-state index is -0.492. The molecule has 142 valence electrons. The fourth-order valence-corrected chi connectivity index (χ4v) is 4.73. The van der Waals surface area contributed by atoms with Gasteiger partial charge in [0.15, 0.2) is 0 Å². The van der Waals surface area contributed by atoms with Crippen molar-refractivity contribution in [3.05, 3.63) is 0 Å². The smallest absolute Gasteiger partial charge is 0.244 e. The van der Waals surface area contributed by atoms with Crippen molar-refractivity contribution in [2.24, 2.45) is 29.1 Å². The molecule has 5 atom stereocenters. The maximum atomic E-state index is 13.0. The highest BCUT2D eigenvalue weighted by molar-refractivity contribution is 5.90. The first-order chi connectivity index (χ1) is 12.2.